The quantitative estimate of drug-likeness (QED) is 0.575. The highest BCUT2D eigenvalue weighted by Gasteiger charge is 2.68. The molecule has 3 aliphatic rings. The Morgan fingerprint density at radius 2 is 2.12 bits per heavy atom. The third-order valence-electron chi connectivity index (χ3n) is 3.31. The van der Waals surface area contributed by atoms with Crippen LogP contribution in [0.5, 0.6) is 0 Å². The van der Waals surface area contributed by atoms with Gasteiger partial charge in [0, 0.05) is 0 Å². The second kappa shape index (κ2) is 2.77. The molecule has 0 aromatic carbocycles. The fourth-order valence-electron chi connectivity index (χ4n) is 2.67. The van der Waals surface area contributed by atoms with Gasteiger partial charge >= 0.3 is 6.09 Å². The van der Waals surface area contributed by atoms with Gasteiger partial charge in [-0.1, -0.05) is 0 Å². The number of piperidine rings is 1. The van der Waals surface area contributed by atoms with E-state index in [-0.39, 0.29) is 30.1 Å². The van der Waals surface area contributed by atoms with E-state index in [0.29, 0.717) is 0 Å². The van der Waals surface area contributed by atoms with Crippen molar-refractivity contribution in [2.24, 2.45) is 5.92 Å². The zero-order valence-electron chi connectivity index (χ0n) is 9.60. The fraction of sp³-hybridized carbons (Fsp3) is 0.818. The maximum absolute atomic E-state index is 11.9. The SMILES string of the molecule is CC(C)(C)OC(=O)N1C(=O)[C@@H]2C[C@@H]1[C@H]1O[C@@H]12. The van der Waals surface area contributed by atoms with E-state index in [4.69, 9.17) is 9.47 Å². The molecule has 5 heteroatoms. The molecule has 2 heterocycles. The summed E-state index contributed by atoms with van der Waals surface area (Å²) in [6.07, 6.45) is 0.373. The summed E-state index contributed by atoms with van der Waals surface area (Å²) in [6.45, 7) is 5.38. The number of imide groups is 1. The standard InChI is InChI=1S/C11H15NO4/c1-11(2,3)16-10(14)12-6-4-5(9(12)13)7-8(6)15-7/h5-8H,4H2,1-3H3/t5-,6-,7-,8-/m1/s1. The Hall–Kier alpha value is -1.10. The van der Waals surface area contributed by atoms with Gasteiger partial charge in [-0.05, 0) is 27.2 Å². The lowest BCUT2D eigenvalue weighted by Gasteiger charge is -2.27. The van der Waals surface area contributed by atoms with Crippen molar-refractivity contribution in [1.82, 2.24) is 4.90 Å². The third kappa shape index (κ3) is 1.27. The second-order valence-electron chi connectivity index (χ2n) is 5.66. The van der Waals surface area contributed by atoms with Crippen molar-refractivity contribution < 1.29 is 19.1 Å². The maximum Gasteiger partial charge on any atom is 0.417 e. The molecule has 2 amide bonds. The number of hydrogen-bond acceptors (Lipinski definition) is 4. The topological polar surface area (TPSA) is 59.1 Å². The predicted octanol–water partition coefficient (Wildman–Crippen LogP) is 0.920. The molecule has 4 atom stereocenters. The van der Waals surface area contributed by atoms with Crippen LogP contribution in [0.3, 0.4) is 0 Å². The molecule has 1 saturated carbocycles. The zero-order chi connectivity index (χ0) is 11.7. The van der Waals surface area contributed by atoms with Crippen molar-refractivity contribution in [2.75, 3.05) is 0 Å². The van der Waals surface area contributed by atoms with Gasteiger partial charge in [0.15, 0.2) is 0 Å². The molecule has 2 saturated heterocycles. The first-order valence-electron chi connectivity index (χ1n) is 5.60. The molecule has 3 fully saturated rings. The average molecular weight is 225 g/mol. The first kappa shape index (κ1) is 10.1. The molecular weight excluding hydrogens is 210 g/mol. The van der Waals surface area contributed by atoms with E-state index < -0.39 is 11.7 Å². The Kier molecular flexibility index (Phi) is 1.74. The van der Waals surface area contributed by atoms with Gasteiger partial charge in [-0.25, -0.2) is 9.69 Å². The maximum atomic E-state index is 11.9. The fourth-order valence-corrected chi connectivity index (χ4v) is 2.67. The first-order valence-corrected chi connectivity index (χ1v) is 5.60. The van der Waals surface area contributed by atoms with E-state index in [2.05, 4.69) is 0 Å². The van der Waals surface area contributed by atoms with Crippen LogP contribution in [0.15, 0.2) is 0 Å². The highest BCUT2D eigenvalue weighted by molar-refractivity contribution is 5.97. The van der Waals surface area contributed by atoms with Crippen LogP contribution in [0.4, 0.5) is 4.79 Å². The molecular formula is C11H15NO4. The summed E-state index contributed by atoms with van der Waals surface area (Å²) in [6, 6.07) is -0.0858. The number of hydrogen-bond donors (Lipinski definition) is 0. The Balaban J connectivity index is 1.76. The lowest BCUT2D eigenvalue weighted by atomic mass is 10.1. The van der Waals surface area contributed by atoms with Crippen LogP contribution in [-0.4, -0.2) is 40.8 Å². The molecule has 0 aromatic rings. The minimum atomic E-state index is -0.566. The van der Waals surface area contributed by atoms with Crippen molar-refractivity contribution >= 4 is 12.0 Å². The van der Waals surface area contributed by atoms with Crippen molar-refractivity contribution in [2.45, 2.75) is 51.0 Å². The molecule has 0 radical (unpaired) electrons. The normalized spacial score (nSPS) is 39.9. The van der Waals surface area contributed by atoms with Gasteiger partial charge in [0.1, 0.15) is 11.7 Å². The van der Waals surface area contributed by atoms with E-state index in [1.807, 2.05) is 0 Å². The second-order valence-corrected chi connectivity index (χ2v) is 5.66. The summed E-state index contributed by atoms with van der Waals surface area (Å²) in [5.41, 5.74) is -0.566. The van der Waals surface area contributed by atoms with E-state index in [9.17, 15) is 9.59 Å². The molecule has 0 N–H and O–H groups in total. The Morgan fingerprint density at radius 3 is 2.69 bits per heavy atom. The largest absolute Gasteiger partial charge is 0.443 e. The number of epoxide rings is 1. The predicted molar refractivity (Wildman–Crippen MR) is 53.6 cm³/mol. The number of fused-ring (bicyclic) bond motifs is 5. The summed E-state index contributed by atoms with van der Waals surface area (Å²) in [5, 5.41) is 0. The number of carbonyl (C=O) groups is 2. The molecule has 2 aliphatic heterocycles. The van der Waals surface area contributed by atoms with Crippen LogP contribution in [-0.2, 0) is 14.3 Å². The minimum absolute atomic E-state index is 0.0789. The van der Waals surface area contributed by atoms with Crippen molar-refractivity contribution in [3.63, 3.8) is 0 Å². The highest BCUT2D eigenvalue weighted by Crippen LogP contribution is 2.51. The van der Waals surface area contributed by atoms with Crippen LogP contribution in [0.1, 0.15) is 27.2 Å². The van der Waals surface area contributed by atoms with Gasteiger partial charge in [-0.3, -0.25) is 4.79 Å². The number of amides is 2. The van der Waals surface area contributed by atoms with Gasteiger partial charge in [0.2, 0.25) is 5.91 Å². The molecule has 88 valence electrons. The molecule has 16 heavy (non-hydrogen) atoms. The van der Waals surface area contributed by atoms with Crippen LogP contribution in [0.25, 0.3) is 0 Å². The van der Waals surface area contributed by atoms with Crippen molar-refractivity contribution in [3.8, 4) is 0 Å². The summed E-state index contributed by atoms with van der Waals surface area (Å²) in [7, 11) is 0. The summed E-state index contributed by atoms with van der Waals surface area (Å²) in [5.74, 6) is -0.236. The number of likely N-dealkylation sites (tertiary alicyclic amines) is 1. The molecule has 2 bridgehead atoms. The lowest BCUT2D eigenvalue weighted by molar-refractivity contribution is -0.132. The number of rotatable bonds is 0. The Labute approximate surface area is 93.7 Å². The molecule has 5 nitrogen and oxygen atoms in total. The van der Waals surface area contributed by atoms with Crippen LogP contribution in [0.2, 0.25) is 0 Å². The molecule has 0 spiro atoms. The van der Waals surface area contributed by atoms with Crippen LogP contribution in [0, 0.1) is 5.92 Å². The number of carbonyl (C=O) groups excluding carboxylic acids is 2. The summed E-state index contributed by atoms with van der Waals surface area (Å²) < 4.78 is 10.6. The first-order chi connectivity index (χ1) is 7.38. The third-order valence-corrected chi connectivity index (χ3v) is 3.31. The summed E-state index contributed by atoms with van der Waals surface area (Å²) in [4.78, 5) is 25.0. The number of nitrogens with zero attached hydrogens (tertiary/aromatic N) is 1. The van der Waals surface area contributed by atoms with E-state index in [0.717, 1.165) is 6.42 Å². The van der Waals surface area contributed by atoms with Gasteiger partial charge in [-0.15, -0.1) is 0 Å². The van der Waals surface area contributed by atoms with E-state index >= 15 is 0 Å². The van der Waals surface area contributed by atoms with Crippen LogP contribution < -0.4 is 0 Å². The van der Waals surface area contributed by atoms with Gasteiger partial charge in [-0.2, -0.15) is 0 Å². The molecule has 3 rings (SSSR count). The van der Waals surface area contributed by atoms with E-state index in [1.54, 1.807) is 20.8 Å². The molecule has 0 unspecified atom stereocenters. The molecule has 0 aromatic heterocycles. The number of ether oxygens (including phenoxy) is 2. The smallest absolute Gasteiger partial charge is 0.417 e. The van der Waals surface area contributed by atoms with Crippen molar-refractivity contribution in [3.05, 3.63) is 0 Å². The minimum Gasteiger partial charge on any atom is -0.443 e. The zero-order valence-corrected chi connectivity index (χ0v) is 9.60. The van der Waals surface area contributed by atoms with E-state index in [1.165, 1.54) is 4.90 Å². The highest BCUT2D eigenvalue weighted by atomic mass is 16.6. The Bertz CT molecular complexity index is 373. The van der Waals surface area contributed by atoms with Gasteiger partial charge in [0.05, 0.1) is 18.1 Å². The Morgan fingerprint density at radius 1 is 1.44 bits per heavy atom. The van der Waals surface area contributed by atoms with Crippen LogP contribution >= 0.6 is 0 Å². The van der Waals surface area contributed by atoms with Crippen molar-refractivity contribution in [1.29, 1.82) is 0 Å². The summed E-state index contributed by atoms with van der Waals surface area (Å²) >= 11 is 0. The monoisotopic (exact) mass is 225 g/mol. The van der Waals surface area contributed by atoms with Gasteiger partial charge in [0.25, 0.3) is 0 Å². The lowest BCUT2D eigenvalue weighted by Crippen LogP contribution is -2.47. The molecule has 1 aliphatic carbocycles. The average Bonchev–Trinajstić information content (AvgIpc) is 2.74. The van der Waals surface area contributed by atoms with Gasteiger partial charge < -0.3 is 9.47 Å².